The fourth-order valence-electron chi connectivity index (χ4n) is 1.94. The number of hydrogen-bond donors (Lipinski definition) is 2. The molecule has 0 aromatic carbocycles. The average Bonchev–Trinajstić information content (AvgIpc) is 2.61. The quantitative estimate of drug-likeness (QED) is 0.829. The lowest BCUT2D eigenvalue weighted by Crippen LogP contribution is -2.31. The number of allylic oxidation sites excluding steroid dienone is 1. The minimum atomic E-state index is -3.46. The summed E-state index contributed by atoms with van der Waals surface area (Å²) in [6, 6.07) is 0.162. The molecule has 0 aromatic heterocycles. The number of rotatable bonds is 3. The number of nitrogens with one attached hydrogen (secondary N) is 1. The molecule has 2 rings (SSSR count). The standard InChI is InChI=1S/C10H16N2O2S3.ClH/c1-3-12-8-4-6(2)15-10-7(8)5-9(16-10)17(11,13)14;/h4,8-9,12H,3,5H2,1-2H3,(H2,11,13,14);1H. The number of nitrogens with two attached hydrogens (primary N) is 1. The third-order valence-corrected chi connectivity index (χ3v) is 7.05. The predicted molar refractivity (Wildman–Crippen MR) is 82.2 cm³/mol. The van der Waals surface area contributed by atoms with E-state index in [0.29, 0.717) is 6.42 Å². The molecule has 2 unspecified atom stereocenters. The van der Waals surface area contributed by atoms with E-state index in [1.165, 1.54) is 22.2 Å². The van der Waals surface area contributed by atoms with E-state index in [4.69, 9.17) is 5.14 Å². The molecule has 0 radical (unpaired) electrons. The SMILES string of the molecule is CCNC1C=C(C)SC2=C1CC(S(N)(=O)=O)S2.Cl. The van der Waals surface area contributed by atoms with Crippen molar-refractivity contribution in [2.24, 2.45) is 5.14 Å². The van der Waals surface area contributed by atoms with Gasteiger partial charge in [0.25, 0.3) is 0 Å². The Morgan fingerprint density at radius 3 is 2.78 bits per heavy atom. The summed E-state index contributed by atoms with van der Waals surface area (Å²) in [5.41, 5.74) is 1.17. The Labute approximate surface area is 123 Å². The maximum atomic E-state index is 11.4. The van der Waals surface area contributed by atoms with Crippen molar-refractivity contribution < 1.29 is 8.42 Å². The van der Waals surface area contributed by atoms with Crippen LogP contribution >= 0.6 is 35.9 Å². The van der Waals surface area contributed by atoms with E-state index in [0.717, 1.165) is 10.8 Å². The van der Waals surface area contributed by atoms with Crippen LogP contribution in [-0.4, -0.2) is 25.6 Å². The zero-order valence-electron chi connectivity index (χ0n) is 10.2. The van der Waals surface area contributed by atoms with Crippen LogP contribution in [-0.2, 0) is 10.0 Å². The van der Waals surface area contributed by atoms with Gasteiger partial charge >= 0.3 is 0 Å². The van der Waals surface area contributed by atoms with Gasteiger partial charge in [0.2, 0.25) is 10.0 Å². The Morgan fingerprint density at radius 2 is 2.22 bits per heavy atom. The highest BCUT2D eigenvalue weighted by atomic mass is 35.5. The lowest BCUT2D eigenvalue weighted by Gasteiger charge is -2.22. The Kier molecular flexibility index (Phi) is 5.64. The van der Waals surface area contributed by atoms with Gasteiger partial charge in [0.05, 0.1) is 0 Å². The summed E-state index contributed by atoms with van der Waals surface area (Å²) in [5, 5.41) is 8.59. The molecule has 4 nitrogen and oxygen atoms in total. The molecule has 3 N–H and O–H groups in total. The molecular weight excluding hydrogens is 312 g/mol. The fraction of sp³-hybridized carbons (Fsp3) is 0.600. The highest BCUT2D eigenvalue weighted by Crippen LogP contribution is 2.51. The van der Waals surface area contributed by atoms with Gasteiger partial charge in [0.15, 0.2) is 0 Å². The maximum Gasteiger partial charge on any atom is 0.222 e. The molecule has 2 aliphatic heterocycles. The van der Waals surface area contributed by atoms with Crippen molar-refractivity contribution in [3.63, 3.8) is 0 Å². The molecule has 0 amide bonds. The van der Waals surface area contributed by atoms with Gasteiger partial charge in [-0.05, 0) is 30.4 Å². The topological polar surface area (TPSA) is 72.2 Å². The van der Waals surface area contributed by atoms with Crippen molar-refractivity contribution in [3.8, 4) is 0 Å². The van der Waals surface area contributed by atoms with Gasteiger partial charge < -0.3 is 5.32 Å². The van der Waals surface area contributed by atoms with Gasteiger partial charge in [-0.3, -0.25) is 0 Å². The number of likely N-dealkylation sites (N-methyl/N-ethyl adjacent to an activating group) is 1. The van der Waals surface area contributed by atoms with E-state index in [2.05, 4.69) is 11.4 Å². The predicted octanol–water partition coefficient (Wildman–Crippen LogP) is 2.00. The minimum Gasteiger partial charge on any atom is -0.307 e. The van der Waals surface area contributed by atoms with Crippen LogP contribution in [0.4, 0.5) is 0 Å². The molecule has 0 aromatic rings. The lowest BCUT2D eigenvalue weighted by atomic mass is 10.1. The molecular formula is C10H17ClN2O2S3. The van der Waals surface area contributed by atoms with E-state index in [1.54, 1.807) is 11.8 Å². The largest absolute Gasteiger partial charge is 0.307 e. The zero-order valence-corrected chi connectivity index (χ0v) is 13.4. The summed E-state index contributed by atoms with van der Waals surface area (Å²) >= 11 is 3.03. The second-order valence-corrected chi connectivity index (χ2v) is 8.84. The molecule has 2 heterocycles. The van der Waals surface area contributed by atoms with E-state index in [9.17, 15) is 8.42 Å². The van der Waals surface area contributed by atoms with Crippen LogP contribution in [0.2, 0.25) is 0 Å². The number of halogens is 1. The smallest absolute Gasteiger partial charge is 0.222 e. The molecule has 0 aliphatic carbocycles. The van der Waals surface area contributed by atoms with Gasteiger partial charge in [0.1, 0.15) is 4.58 Å². The highest BCUT2D eigenvalue weighted by Gasteiger charge is 2.37. The molecule has 0 bridgehead atoms. The van der Waals surface area contributed by atoms with Crippen molar-refractivity contribution in [1.82, 2.24) is 5.32 Å². The normalized spacial score (nSPS) is 27.6. The van der Waals surface area contributed by atoms with Crippen LogP contribution in [0.3, 0.4) is 0 Å². The number of sulfonamides is 1. The van der Waals surface area contributed by atoms with Gasteiger partial charge in [-0.2, -0.15) is 0 Å². The van der Waals surface area contributed by atoms with Gasteiger partial charge in [-0.25, -0.2) is 13.6 Å². The second kappa shape index (κ2) is 6.19. The molecule has 0 spiro atoms. The Morgan fingerprint density at radius 1 is 1.56 bits per heavy atom. The first-order valence-corrected chi connectivity index (χ1v) is 8.73. The molecule has 8 heteroatoms. The number of hydrogen-bond acceptors (Lipinski definition) is 5. The van der Waals surface area contributed by atoms with Crippen LogP contribution in [0.1, 0.15) is 20.3 Å². The summed E-state index contributed by atoms with van der Waals surface area (Å²) in [4.78, 5) is 1.21. The van der Waals surface area contributed by atoms with Crippen LogP contribution in [0, 0.1) is 0 Å². The van der Waals surface area contributed by atoms with Gasteiger partial charge in [0, 0.05) is 10.3 Å². The summed E-state index contributed by atoms with van der Waals surface area (Å²) in [5.74, 6) is 0. The summed E-state index contributed by atoms with van der Waals surface area (Å²) in [7, 11) is -3.46. The molecule has 0 fully saturated rings. The monoisotopic (exact) mass is 328 g/mol. The van der Waals surface area contributed by atoms with E-state index < -0.39 is 14.6 Å². The third-order valence-electron chi connectivity index (χ3n) is 2.71. The first kappa shape index (κ1) is 16.4. The van der Waals surface area contributed by atoms with Crippen LogP contribution in [0.15, 0.2) is 20.8 Å². The maximum absolute atomic E-state index is 11.4. The van der Waals surface area contributed by atoms with Crippen molar-refractivity contribution >= 4 is 46.0 Å². The Hall–Kier alpha value is 0.340. The molecule has 2 aliphatic rings. The first-order valence-electron chi connectivity index (χ1n) is 5.42. The van der Waals surface area contributed by atoms with Crippen molar-refractivity contribution in [1.29, 1.82) is 0 Å². The Bertz CT molecular complexity index is 487. The van der Waals surface area contributed by atoms with E-state index in [1.807, 2.05) is 13.8 Å². The van der Waals surface area contributed by atoms with Crippen molar-refractivity contribution in [2.45, 2.75) is 30.9 Å². The molecule has 0 saturated heterocycles. The third kappa shape index (κ3) is 3.46. The lowest BCUT2D eigenvalue weighted by molar-refractivity contribution is 0.592. The average molecular weight is 329 g/mol. The molecule has 2 atom stereocenters. The minimum absolute atomic E-state index is 0. The molecule has 104 valence electrons. The summed E-state index contributed by atoms with van der Waals surface area (Å²) in [6.45, 7) is 4.95. The summed E-state index contributed by atoms with van der Waals surface area (Å²) < 4.78 is 23.4. The van der Waals surface area contributed by atoms with Crippen LogP contribution < -0.4 is 10.5 Å². The van der Waals surface area contributed by atoms with E-state index in [-0.39, 0.29) is 18.4 Å². The van der Waals surface area contributed by atoms with Crippen molar-refractivity contribution in [2.75, 3.05) is 6.54 Å². The van der Waals surface area contributed by atoms with Crippen LogP contribution in [0.5, 0.6) is 0 Å². The Balaban J connectivity index is 0.00000162. The van der Waals surface area contributed by atoms with E-state index >= 15 is 0 Å². The second-order valence-electron chi connectivity index (χ2n) is 4.07. The van der Waals surface area contributed by atoms with Crippen molar-refractivity contribution in [3.05, 3.63) is 20.8 Å². The number of thioether (sulfide) groups is 2. The first-order chi connectivity index (χ1) is 7.91. The number of primary sulfonamides is 1. The zero-order chi connectivity index (χ0) is 12.6. The summed E-state index contributed by atoms with van der Waals surface area (Å²) in [6.07, 6.45) is 2.69. The van der Waals surface area contributed by atoms with Gasteiger partial charge in [-0.1, -0.05) is 36.5 Å². The highest BCUT2D eigenvalue weighted by molar-refractivity contribution is 8.28. The molecule has 0 saturated carbocycles. The van der Waals surface area contributed by atoms with Crippen LogP contribution in [0.25, 0.3) is 0 Å². The molecule has 18 heavy (non-hydrogen) atoms. The van der Waals surface area contributed by atoms with Gasteiger partial charge in [-0.15, -0.1) is 12.4 Å². The fourth-order valence-corrected chi connectivity index (χ4v) is 6.00.